The summed E-state index contributed by atoms with van der Waals surface area (Å²) in [7, 11) is 0. The average molecular weight is 280 g/mol. The summed E-state index contributed by atoms with van der Waals surface area (Å²) in [6.45, 7) is 0. The Morgan fingerprint density at radius 3 is 2.46 bits per heavy atom. The molecule has 1 nitrogen and oxygen atoms in total. The second kappa shape index (κ2) is 5.03. The molecule has 1 aromatic rings. The van der Waals surface area contributed by atoms with Crippen molar-refractivity contribution < 1.29 is 4.79 Å². The summed E-state index contributed by atoms with van der Waals surface area (Å²) in [4.78, 5) is 11.5. The molecule has 13 heavy (non-hydrogen) atoms. The van der Waals surface area contributed by atoms with Crippen LogP contribution in [-0.2, 0) is 0 Å². The monoisotopic (exact) mass is 278 g/mol. The van der Waals surface area contributed by atoms with Gasteiger partial charge >= 0.3 is 0 Å². The Balaban J connectivity index is 2.83. The summed E-state index contributed by atoms with van der Waals surface area (Å²) in [5.74, 6) is -0.0401. The van der Waals surface area contributed by atoms with Crippen molar-refractivity contribution in [1.82, 2.24) is 0 Å². The highest BCUT2D eigenvalue weighted by atomic mass is 79.9. The van der Waals surface area contributed by atoms with E-state index >= 15 is 0 Å². The molecule has 1 aromatic carbocycles. The molecule has 0 heterocycles. The van der Waals surface area contributed by atoms with Crippen LogP contribution >= 0.6 is 39.3 Å². The number of ketones is 1. The van der Waals surface area contributed by atoms with Gasteiger partial charge in [-0.15, -0.1) is 23.4 Å². The number of hydrogen-bond donors (Lipinski definition) is 0. The van der Waals surface area contributed by atoms with Crippen LogP contribution in [0.5, 0.6) is 0 Å². The highest BCUT2D eigenvalue weighted by Crippen LogP contribution is 2.19. The van der Waals surface area contributed by atoms with Gasteiger partial charge in [0.05, 0.1) is 0 Å². The van der Waals surface area contributed by atoms with Gasteiger partial charge in [-0.05, 0) is 18.4 Å². The third-order valence-corrected chi connectivity index (χ3v) is 3.43. The van der Waals surface area contributed by atoms with E-state index in [9.17, 15) is 4.79 Å². The average Bonchev–Trinajstić information content (AvgIpc) is 2.17. The third kappa shape index (κ3) is 3.01. The molecule has 70 valence electrons. The smallest absolute Gasteiger partial charge is 0.190 e. The second-order valence-corrected chi connectivity index (χ2v) is 4.98. The largest absolute Gasteiger partial charge is 0.292 e. The second-order valence-electron chi connectivity index (χ2n) is 2.42. The number of halogens is 2. The van der Waals surface area contributed by atoms with Crippen LogP contribution in [0.4, 0.5) is 0 Å². The van der Waals surface area contributed by atoms with Crippen molar-refractivity contribution in [3.05, 3.63) is 34.3 Å². The Kier molecular flexibility index (Phi) is 4.29. The van der Waals surface area contributed by atoms with E-state index in [0.29, 0.717) is 5.56 Å². The third-order valence-electron chi connectivity index (χ3n) is 1.54. The predicted octanol–water partition coefficient (Wildman–Crippen LogP) is 3.56. The lowest BCUT2D eigenvalue weighted by Crippen LogP contribution is -2.09. The van der Waals surface area contributed by atoms with E-state index in [4.69, 9.17) is 11.6 Å². The van der Waals surface area contributed by atoms with Crippen LogP contribution in [0.3, 0.4) is 0 Å². The molecule has 0 saturated heterocycles. The van der Waals surface area contributed by atoms with Crippen LogP contribution < -0.4 is 0 Å². The number of carbonyl (C=O) groups is 1. The molecule has 0 aliphatic heterocycles. The molecule has 0 saturated carbocycles. The quantitative estimate of drug-likeness (QED) is 0.622. The molecular weight excluding hydrogens is 272 g/mol. The van der Waals surface area contributed by atoms with Gasteiger partial charge < -0.3 is 0 Å². The Hall–Kier alpha value is 0.01000. The zero-order chi connectivity index (χ0) is 9.84. The fraction of sp³-hybridized carbons (Fsp3) is 0.222. The molecule has 0 bridgehead atoms. The van der Waals surface area contributed by atoms with Gasteiger partial charge in [0.1, 0.15) is 4.71 Å². The summed E-state index contributed by atoms with van der Waals surface area (Å²) < 4.78 is 0.473. The van der Waals surface area contributed by atoms with Gasteiger partial charge in [0.15, 0.2) is 5.78 Å². The van der Waals surface area contributed by atoms with Crippen molar-refractivity contribution in [3.63, 3.8) is 0 Å². The number of alkyl halides is 1. The number of thioether (sulfide) groups is 1. The molecule has 0 amide bonds. The first-order valence-corrected chi connectivity index (χ1v) is 6.13. The van der Waals surface area contributed by atoms with Crippen molar-refractivity contribution in [1.29, 1.82) is 0 Å². The first-order valence-electron chi connectivity index (χ1n) is 3.62. The molecule has 0 aliphatic rings. The maximum atomic E-state index is 11.5. The van der Waals surface area contributed by atoms with E-state index in [1.165, 1.54) is 11.8 Å². The predicted molar refractivity (Wildman–Crippen MR) is 61.6 cm³/mol. The van der Waals surface area contributed by atoms with Gasteiger partial charge in [0.2, 0.25) is 0 Å². The highest BCUT2D eigenvalue weighted by molar-refractivity contribution is 9.10. The van der Waals surface area contributed by atoms with Crippen LogP contribution in [0.25, 0.3) is 0 Å². The van der Waals surface area contributed by atoms with E-state index in [1.807, 2.05) is 18.4 Å². The van der Waals surface area contributed by atoms with E-state index in [2.05, 4.69) is 15.9 Å². The molecule has 0 aromatic heterocycles. The summed E-state index contributed by atoms with van der Waals surface area (Å²) in [5, 5.41) is 0. The maximum absolute atomic E-state index is 11.5. The zero-order valence-electron chi connectivity index (χ0n) is 6.96. The fourth-order valence-corrected chi connectivity index (χ4v) is 1.59. The van der Waals surface area contributed by atoms with E-state index < -0.39 is 4.71 Å². The number of benzene rings is 1. The van der Waals surface area contributed by atoms with Crippen LogP contribution in [0.15, 0.2) is 28.7 Å². The van der Waals surface area contributed by atoms with Gasteiger partial charge in [-0.25, -0.2) is 0 Å². The minimum atomic E-state index is -0.485. The summed E-state index contributed by atoms with van der Waals surface area (Å²) >= 11 is 10.4. The lowest BCUT2D eigenvalue weighted by atomic mass is 10.1. The van der Waals surface area contributed by atoms with Gasteiger partial charge in [-0.2, -0.15) is 0 Å². The molecular formula is C9H8BrClOS. The molecule has 1 unspecified atom stereocenters. The number of hydrogen-bond acceptors (Lipinski definition) is 2. The van der Waals surface area contributed by atoms with E-state index in [1.54, 1.807) is 12.1 Å². The fourth-order valence-electron chi connectivity index (χ4n) is 0.852. The highest BCUT2D eigenvalue weighted by Gasteiger charge is 2.15. The first kappa shape index (κ1) is 11.1. The lowest BCUT2D eigenvalue weighted by molar-refractivity contribution is 0.101. The number of carbonyl (C=O) groups excluding carboxylic acids is 1. The maximum Gasteiger partial charge on any atom is 0.190 e. The SMILES string of the molecule is CSC(Cl)C(=O)c1ccc(Br)cc1. The lowest BCUT2D eigenvalue weighted by Gasteiger charge is -2.04. The molecule has 0 N–H and O–H groups in total. The summed E-state index contributed by atoms with van der Waals surface area (Å²) in [6, 6.07) is 7.18. The molecule has 1 rings (SSSR count). The van der Waals surface area contributed by atoms with Crippen LogP contribution in [0.2, 0.25) is 0 Å². The summed E-state index contributed by atoms with van der Waals surface area (Å²) in [5.41, 5.74) is 0.651. The molecule has 0 fully saturated rings. The Morgan fingerprint density at radius 2 is 2.00 bits per heavy atom. The molecule has 1 atom stereocenters. The van der Waals surface area contributed by atoms with Gasteiger partial charge in [0, 0.05) is 10.0 Å². The van der Waals surface area contributed by atoms with Crippen molar-refractivity contribution >= 4 is 45.1 Å². The van der Waals surface area contributed by atoms with Gasteiger partial charge in [-0.1, -0.05) is 28.1 Å². The number of rotatable bonds is 3. The Bertz CT molecular complexity index is 299. The van der Waals surface area contributed by atoms with Crippen LogP contribution in [-0.4, -0.2) is 16.7 Å². The van der Waals surface area contributed by atoms with E-state index in [-0.39, 0.29) is 5.78 Å². The van der Waals surface area contributed by atoms with Crippen molar-refractivity contribution in [3.8, 4) is 0 Å². The topological polar surface area (TPSA) is 17.1 Å². The first-order chi connectivity index (χ1) is 6.15. The van der Waals surface area contributed by atoms with Crippen molar-refractivity contribution in [2.75, 3.05) is 6.26 Å². The van der Waals surface area contributed by atoms with Gasteiger partial charge in [-0.3, -0.25) is 4.79 Å². The van der Waals surface area contributed by atoms with Crippen molar-refractivity contribution in [2.45, 2.75) is 4.71 Å². The Labute approximate surface area is 95.0 Å². The van der Waals surface area contributed by atoms with Gasteiger partial charge in [0.25, 0.3) is 0 Å². The molecule has 0 spiro atoms. The normalized spacial score (nSPS) is 12.5. The number of Topliss-reactive ketones (excluding diaryl/α,β-unsaturated/α-hetero) is 1. The van der Waals surface area contributed by atoms with Crippen LogP contribution in [0, 0.1) is 0 Å². The zero-order valence-corrected chi connectivity index (χ0v) is 10.1. The minimum absolute atomic E-state index is 0.0401. The summed E-state index contributed by atoms with van der Waals surface area (Å²) in [6.07, 6.45) is 1.81. The van der Waals surface area contributed by atoms with E-state index in [0.717, 1.165) is 4.47 Å². The Morgan fingerprint density at radius 1 is 1.46 bits per heavy atom. The van der Waals surface area contributed by atoms with Crippen molar-refractivity contribution in [2.24, 2.45) is 0 Å². The molecule has 0 radical (unpaired) electrons. The van der Waals surface area contributed by atoms with Crippen LogP contribution in [0.1, 0.15) is 10.4 Å². The standard InChI is InChI=1S/C9H8BrClOS/c1-13-9(11)8(12)6-2-4-7(10)5-3-6/h2-5,9H,1H3. The minimum Gasteiger partial charge on any atom is -0.292 e. The molecule has 0 aliphatic carbocycles. The molecule has 4 heteroatoms.